The van der Waals surface area contributed by atoms with Gasteiger partial charge in [0.1, 0.15) is 6.07 Å². The number of anilines is 1. The van der Waals surface area contributed by atoms with E-state index in [4.69, 9.17) is 21.7 Å². The summed E-state index contributed by atoms with van der Waals surface area (Å²) in [5.74, 6) is -3.93. The molecule has 1 aliphatic heterocycles. The molecule has 1 aliphatic rings. The van der Waals surface area contributed by atoms with Crippen molar-refractivity contribution in [2.75, 3.05) is 25.1 Å². The number of halogens is 4. The van der Waals surface area contributed by atoms with E-state index in [2.05, 4.69) is 0 Å². The summed E-state index contributed by atoms with van der Waals surface area (Å²) in [6, 6.07) is 8.97. The van der Waals surface area contributed by atoms with Crippen LogP contribution < -0.4 is 4.90 Å². The van der Waals surface area contributed by atoms with Gasteiger partial charge in [0.25, 0.3) is 0 Å². The van der Waals surface area contributed by atoms with Crippen LogP contribution in [0.1, 0.15) is 17.5 Å². The number of nitrogens with zero attached hydrogens (tertiary/aromatic N) is 3. The van der Waals surface area contributed by atoms with E-state index >= 15 is 0 Å². The Morgan fingerprint density at radius 2 is 2.04 bits per heavy atom. The van der Waals surface area contributed by atoms with Crippen molar-refractivity contribution in [2.45, 2.75) is 19.0 Å². The van der Waals surface area contributed by atoms with Gasteiger partial charge < -0.3 is 4.90 Å². The van der Waals surface area contributed by atoms with Gasteiger partial charge in [0, 0.05) is 37.4 Å². The minimum Gasteiger partial charge on any atom is -0.363 e. The maximum Gasteiger partial charge on any atom is 0.194 e. The highest BCUT2D eigenvalue weighted by Gasteiger charge is 2.27. The summed E-state index contributed by atoms with van der Waals surface area (Å²) in [5, 5.41) is 11.0. The maximum atomic E-state index is 14.2. The van der Waals surface area contributed by atoms with Crippen molar-refractivity contribution in [1.82, 2.24) is 5.06 Å². The van der Waals surface area contributed by atoms with Crippen molar-refractivity contribution in [3.05, 3.63) is 63.9 Å². The fraction of sp³-hybridized carbons (Fsp3) is 0.316. The molecule has 0 aromatic heterocycles. The zero-order chi connectivity index (χ0) is 19.6. The van der Waals surface area contributed by atoms with Crippen LogP contribution in [-0.4, -0.2) is 31.3 Å². The molecule has 0 radical (unpaired) electrons. The molecule has 2 aromatic rings. The van der Waals surface area contributed by atoms with Gasteiger partial charge in [-0.3, -0.25) is 4.84 Å². The third-order valence-corrected chi connectivity index (χ3v) is 4.84. The van der Waals surface area contributed by atoms with Crippen molar-refractivity contribution in [3.8, 4) is 6.07 Å². The van der Waals surface area contributed by atoms with Crippen LogP contribution in [0.25, 0.3) is 0 Å². The highest BCUT2D eigenvalue weighted by molar-refractivity contribution is 6.32. The first-order valence-corrected chi connectivity index (χ1v) is 8.71. The summed E-state index contributed by atoms with van der Waals surface area (Å²) in [6.07, 6.45) is 0.660. The van der Waals surface area contributed by atoms with E-state index in [0.29, 0.717) is 30.8 Å². The monoisotopic (exact) mass is 395 g/mol. The standard InChI is InChI=1S/C19H17ClF3N3O/c1-25-11-15(6-7-27-25)26(14-4-2-12(9-24)16(20)8-14)10-13-3-5-17(21)19(23)18(13)22/h2-5,8,15H,6-7,10-11H2,1H3/t15-/m0/s1. The molecule has 2 aromatic carbocycles. The molecule has 8 heteroatoms. The second-order valence-corrected chi connectivity index (χ2v) is 6.73. The van der Waals surface area contributed by atoms with Gasteiger partial charge in [0.2, 0.25) is 0 Å². The van der Waals surface area contributed by atoms with Crippen molar-refractivity contribution >= 4 is 17.3 Å². The fourth-order valence-corrected chi connectivity index (χ4v) is 3.33. The summed E-state index contributed by atoms with van der Waals surface area (Å²) in [5.41, 5.74) is 1.01. The van der Waals surface area contributed by atoms with E-state index in [1.165, 1.54) is 6.07 Å². The average molecular weight is 396 g/mol. The van der Waals surface area contributed by atoms with Crippen LogP contribution in [0.3, 0.4) is 0 Å². The average Bonchev–Trinajstić information content (AvgIpc) is 2.65. The largest absolute Gasteiger partial charge is 0.363 e. The highest BCUT2D eigenvalue weighted by Crippen LogP contribution is 2.29. The van der Waals surface area contributed by atoms with Crippen LogP contribution in [0.15, 0.2) is 30.3 Å². The second-order valence-electron chi connectivity index (χ2n) is 6.32. The first-order valence-electron chi connectivity index (χ1n) is 8.33. The van der Waals surface area contributed by atoms with E-state index in [0.717, 1.165) is 6.07 Å². The first kappa shape index (κ1) is 19.5. The van der Waals surface area contributed by atoms with Gasteiger partial charge in [0.15, 0.2) is 17.5 Å². The minimum atomic E-state index is -1.49. The molecule has 0 unspecified atom stereocenters. The SMILES string of the molecule is CN1C[C@@H](N(Cc2ccc(F)c(F)c2F)c2ccc(C#N)c(Cl)c2)CCO1. The predicted octanol–water partition coefficient (Wildman–Crippen LogP) is 4.27. The van der Waals surface area contributed by atoms with E-state index in [1.807, 2.05) is 11.0 Å². The molecule has 0 bridgehead atoms. The first-order chi connectivity index (χ1) is 12.9. The summed E-state index contributed by atoms with van der Waals surface area (Å²) in [6.45, 7) is 1.02. The van der Waals surface area contributed by atoms with Gasteiger partial charge in [-0.25, -0.2) is 13.2 Å². The van der Waals surface area contributed by atoms with Crippen molar-refractivity contribution < 1.29 is 18.0 Å². The lowest BCUT2D eigenvalue weighted by Gasteiger charge is -2.39. The Hall–Kier alpha value is -2.27. The minimum absolute atomic E-state index is 0.0176. The molecule has 4 nitrogen and oxygen atoms in total. The Balaban J connectivity index is 1.99. The molecule has 27 heavy (non-hydrogen) atoms. The lowest BCUT2D eigenvalue weighted by atomic mass is 10.1. The lowest BCUT2D eigenvalue weighted by molar-refractivity contribution is -0.166. The Kier molecular flexibility index (Phi) is 5.90. The zero-order valence-corrected chi connectivity index (χ0v) is 15.3. The summed E-state index contributed by atoms with van der Waals surface area (Å²) >= 11 is 6.15. The number of likely N-dealkylation sites (N-methyl/N-ethyl adjacent to an activating group) is 1. The van der Waals surface area contributed by atoms with Gasteiger partial charge in [0.05, 0.1) is 17.2 Å². The lowest BCUT2D eigenvalue weighted by Crippen LogP contribution is -2.47. The van der Waals surface area contributed by atoms with Gasteiger partial charge in [-0.15, -0.1) is 0 Å². The van der Waals surface area contributed by atoms with Crippen molar-refractivity contribution in [3.63, 3.8) is 0 Å². The summed E-state index contributed by atoms with van der Waals surface area (Å²) in [7, 11) is 1.79. The van der Waals surface area contributed by atoms with Crippen LogP contribution in [-0.2, 0) is 11.4 Å². The third kappa shape index (κ3) is 4.19. The predicted molar refractivity (Wildman–Crippen MR) is 95.7 cm³/mol. The molecule has 0 spiro atoms. The molecule has 0 saturated carbocycles. The molecule has 1 fully saturated rings. The molecule has 3 rings (SSSR count). The Morgan fingerprint density at radius 1 is 1.26 bits per heavy atom. The molecule has 142 valence electrons. The van der Waals surface area contributed by atoms with Crippen LogP contribution in [0.2, 0.25) is 5.02 Å². The number of rotatable bonds is 4. The van der Waals surface area contributed by atoms with Gasteiger partial charge in [-0.1, -0.05) is 17.7 Å². The van der Waals surface area contributed by atoms with E-state index in [9.17, 15) is 13.2 Å². The number of hydrogen-bond acceptors (Lipinski definition) is 4. The second kappa shape index (κ2) is 8.17. The molecule has 0 amide bonds. The van der Waals surface area contributed by atoms with Crippen LogP contribution in [0, 0.1) is 28.8 Å². The molecule has 1 saturated heterocycles. The smallest absolute Gasteiger partial charge is 0.194 e. The van der Waals surface area contributed by atoms with Gasteiger partial charge in [-0.05, 0) is 30.7 Å². The van der Waals surface area contributed by atoms with E-state index in [1.54, 1.807) is 30.3 Å². The van der Waals surface area contributed by atoms with E-state index in [-0.39, 0.29) is 23.2 Å². The van der Waals surface area contributed by atoms with Gasteiger partial charge in [-0.2, -0.15) is 10.3 Å². The third-order valence-electron chi connectivity index (χ3n) is 4.53. The molecule has 0 aliphatic carbocycles. The fourth-order valence-electron chi connectivity index (χ4n) is 3.12. The molecular weight excluding hydrogens is 379 g/mol. The van der Waals surface area contributed by atoms with Crippen LogP contribution in [0.4, 0.5) is 18.9 Å². The summed E-state index contributed by atoms with van der Waals surface area (Å²) in [4.78, 5) is 7.28. The molecule has 0 N–H and O–H groups in total. The van der Waals surface area contributed by atoms with Crippen molar-refractivity contribution in [1.29, 1.82) is 5.26 Å². The normalized spacial score (nSPS) is 17.6. The number of nitriles is 1. The van der Waals surface area contributed by atoms with Gasteiger partial charge >= 0.3 is 0 Å². The maximum absolute atomic E-state index is 14.2. The quantitative estimate of drug-likeness (QED) is 0.725. The highest BCUT2D eigenvalue weighted by atomic mass is 35.5. The summed E-state index contributed by atoms with van der Waals surface area (Å²) < 4.78 is 41.2. The van der Waals surface area contributed by atoms with Crippen LogP contribution >= 0.6 is 11.6 Å². The van der Waals surface area contributed by atoms with Crippen LogP contribution in [0.5, 0.6) is 0 Å². The molecular formula is C19H17ClF3N3O. The molecule has 1 heterocycles. The number of hydrogen-bond donors (Lipinski definition) is 0. The topological polar surface area (TPSA) is 39.5 Å². The van der Waals surface area contributed by atoms with E-state index < -0.39 is 17.5 Å². The molecule has 1 atom stereocenters. The van der Waals surface area contributed by atoms with Crippen molar-refractivity contribution in [2.24, 2.45) is 0 Å². The number of benzene rings is 2. The Morgan fingerprint density at radius 3 is 2.70 bits per heavy atom. The Labute approximate surface area is 160 Å². The zero-order valence-electron chi connectivity index (χ0n) is 14.6. The Bertz CT molecular complexity index is 887. The number of hydroxylamine groups is 2.